The Morgan fingerprint density at radius 2 is 1.71 bits per heavy atom. The normalized spacial score (nSPS) is 11.2. The van der Waals surface area contributed by atoms with Crippen molar-refractivity contribution in [2.75, 3.05) is 16.2 Å². The standard InChI is InChI=1S/C25H22ClN3O4S/c1-2-29(21-11-7-4-8-12-21)34(31,32)23-15-19(13-14-22(23)26)27-24(30)16-20-17-33-25(28-20)18-9-5-3-6-10-18/h3-15,17H,2,16H2,1H3,(H,27,30). The van der Waals surface area contributed by atoms with Crippen LogP contribution in [0.3, 0.4) is 0 Å². The Labute approximate surface area is 203 Å². The molecule has 3 aromatic carbocycles. The highest BCUT2D eigenvalue weighted by molar-refractivity contribution is 7.93. The maximum Gasteiger partial charge on any atom is 0.265 e. The molecule has 0 aliphatic heterocycles. The quantitative estimate of drug-likeness (QED) is 0.353. The van der Waals surface area contributed by atoms with E-state index in [-0.39, 0.29) is 28.8 Å². The third-order valence-corrected chi connectivity index (χ3v) is 7.41. The van der Waals surface area contributed by atoms with Gasteiger partial charge in [-0.1, -0.05) is 48.0 Å². The number of nitrogens with one attached hydrogen (secondary N) is 1. The number of sulfonamides is 1. The fraction of sp³-hybridized carbons (Fsp3) is 0.120. The summed E-state index contributed by atoms with van der Waals surface area (Å²) >= 11 is 6.26. The van der Waals surface area contributed by atoms with E-state index >= 15 is 0 Å². The predicted molar refractivity (Wildman–Crippen MR) is 132 cm³/mol. The van der Waals surface area contributed by atoms with Gasteiger partial charge in [0.2, 0.25) is 11.8 Å². The monoisotopic (exact) mass is 495 g/mol. The van der Waals surface area contributed by atoms with Crippen LogP contribution in [0.15, 0.2) is 94.4 Å². The number of oxazole rings is 1. The Kier molecular flexibility index (Phi) is 7.00. The van der Waals surface area contributed by atoms with Crippen molar-refractivity contribution in [1.82, 2.24) is 4.98 Å². The van der Waals surface area contributed by atoms with E-state index in [4.69, 9.17) is 16.0 Å². The number of carbonyl (C=O) groups excluding carboxylic acids is 1. The van der Waals surface area contributed by atoms with Gasteiger partial charge in [-0.25, -0.2) is 13.4 Å². The van der Waals surface area contributed by atoms with E-state index in [0.717, 1.165) is 5.56 Å². The zero-order valence-corrected chi connectivity index (χ0v) is 19.9. The molecule has 0 bridgehead atoms. The number of nitrogens with zero attached hydrogens (tertiary/aromatic N) is 2. The van der Waals surface area contributed by atoms with Crippen LogP contribution in [0.4, 0.5) is 11.4 Å². The number of amides is 1. The van der Waals surface area contributed by atoms with Crippen molar-refractivity contribution in [3.05, 3.63) is 95.8 Å². The van der Waals surface area contributed by atoms with Crippen LogP contribution in [-0.4, -0.2) is 25.9 Å². The third-order valence-electron chi connectivity index (χ3n) is 5.03. The molecule has 0 saturated carbocycles. The van der Waals surface area contributed by atoms with Gasteiger partial charge in [-0.05, 0) is 49.4 Å². The summed E-state index contributed by atoms with van der Waals surface area (Å²) in [4.78, 5) is 16.9. The summed E-state index contributed by atoms with van der Waals surface area (Å²) in [7, 11) is -3.96. The van der Waals surface area contributed by atoms with Crippen LogP contribution in [0.5, 0.6) is 0 Å². The number of anilines is 2. The minimum Gasteiger partial charge on any atom is -0.444 e. The lowest BCUT2D eigenvalue weighted by molar-refractivity contribution is -0.115. The Morgan fingerprint density at radius 3 is 2.38 bits per heavy atom. The van der Waals surface area contributed by atoms with Crippen LogP contribution in [0.1, 0.15) is 12.6 Å². The maximum atomic E-state index is 13.4. The van der Waals surface area contributed by atoms with Crippen molar-refractivity contribution in [3.63, 3.8) is 0 Å². The highest BCUT2D eigenvalue weighted by Gasteiger charge is 2.26. The van der Waals surface area contributed by atoms with Crippen LogP contribution in [0.25, 0.3) is 11.5 Å². The SMILES string of the molecule is CCN(c1ccccc1)S(=O)(=O)c1cc(NC(=O)Cc2coc(-c3ccccc3)n2)ccc1Cl. The van der Waals surface area contributed by atoms with E-state index < -0.39 is 10.0 Å². The smallest absolute Gasteiger partial charge is 0.265 e. The minimum absolute atomic E-state index is 0.0356. The molecular formula is C25H22ClN3O4S. The molecule has 0 spiro atoms. The van der Waals surface area contributed by atoms with Crippen LogP contribution in [0.2, 0.25) is 5.02 Å². The second-order valence-corrected chi connectivity index (χ2v) is 9.62. The zero-order chi connectivity index (χ0) is 24.1. The third kappa shape index (κ3) is 5.13. The van der Waals surface area contributed by atoms with Gasteiger partial charge in [-0.3, -0.25) is 9.10 Å². The lowest BCUT2D eigenvalue weighted by atomic mass is 10.2. The van der Waals surface area contributed by atoms with Gasteiger partial charge < -0.3 is 9.73 Å². The van der Waals surface area contributed by atoms with Gasteiger partial charge in [0.1, 0.15) is 11.2 Å². The predicted octanol–water partition coefficient (Wildman–Crippen LogP) is 5.39. The summed E-state index contributed by atoms with van der Waals surface area (Å²) in [6.45, 7) is 1.96. The van der Waals surface area contributed by atoms with Crippen molar-refractivity contribution in [2.24, 2.45) is 0 Å². The molecule has 0 saturated heterocycles. The second-order valence-electron chi connectivity index (χ2n) is 7.39. The lowest BCUT2D eigenvalue weighted by Crippen LogP contribution is -2.31. The molecule has 174 valence electrons. The lowest BCUT2D eigenvalue weighted by Gasteiger charge is -2.23. The first kappa shape index (κ1) is 23.5. The fourth-order valence-corrected chi connectivity index (χ4v) is 5.43. The molecule has 4 aromatic rings. The number of rotatable bonds is 8. The number of benzene rings is 3. The summed E-state index contributed by atoms with van der Waals surface area (Å²) in [5.41, 5.74) is 2.10. The van der Waals surface area contributed by atoms with Crippen LogP contribution in [0, 0.1) is 0 Å². The van der Waals surface area contributed by atoms with Crippen LogP contribution in [-0.2, 0) is 21.2 Å². The first-order chi connectivity index (χ1) is 16.4. The maximum absolute atomic E-state index is 13.4. The average molecular weight is 496 g/mol. The Morgan fingerprint density at radius 1 is 1.03 bits per heavy atom. The fourth-order valence-electron chi connectivity index (χ4n) is 3.45. The van der Waals surface area contributed by atoms with Gasteiger partial charge >= 0.3 is 0 Å². The number of carbonyl (C=O) groups is 1. The zero-order valence-electron chi connectivity index (χ0n) is 18.3. The molecular weight excluding hydrogens is 474 g/mol. The van der Waals surface area contributed by atoms with Crippen molar-refractivity contribution in [1.29, 1.82) is 0 Å². The molecule has 0 unspecified atom stereocenters. The molecule has 1 heterocycles. The molecule has 0 aliphatic rings. The largest absolute Gasteiger partial charge is 0.444 e. The molecule has 0 atom stereocenters. The van der Waals surface area contributed by atoms with Gasteiger partial charge in [0.15, 0.2) is 0 Å². The van der Waals surface area contributed by atoms with E-state index in [1.807, 2.05) is 36.4 Å². The molecule has 1 amide bonds. The topological polar surface area (TPSA) is 92.5 Å². The molecule has 0 aliphatic carbocycles. The Bertz CT molecular complexity index is 1390. The Balaban J connectivity index is 1.52. The van der Waals surface area contributed by atoms with Crippen molar-refractivity contribution in [2.45, 2.75) is 18.2 Å². The molecule has 1 aromatic heterocycles. The number of halogens is 1. The van der Waals surface area contributed by atoms with E-state index in [2.05, 4.69) is 10.3 Å². The number of hydrogen-bond acceptors (Lipinski definition) is 5. The molecule has 9 heteroatoms. The molecule has 7 nitrogen and oxygen atoms in total. The molecule has 0 fully saturated rings. The number of aromatic nitrogens is 1. The van der Waals surface area contributed by atoms with E-state index in [1.165, 1.54) is 22.7 Å². The summed E-state index contributed by atoms with van der Waals surface area (Å²) in [5, 5.41) is 2.78. The molecule has 34 heavy (non-hydrogen) atoms. The van der Waals surface area contributed by atoms with E-state index in [9.17, 15) is 13.2 Å². The Hall–Kier alpha value is -3.62. The van der Waals surface area contributed by atoms with Gasteiger partial charge in [0.25, 0.3) is 10.0 Å². The highest BCUT2D eigenvalue weighted by atomic mass is 35.5. The summed E-state index contributed by atoms with van der Waals surface area (Å²) in [6, 6.07) is 22.5. The van der Waals surface area contributed by atoms with Gasteiger partial charge in [-0.15, -0.1) is 0 Å². The molecule has 0 radical (unpaired) electrons. The van der Waals surface area contributed by atoms with Gasteiger partial charge in [-0.2, -0.15) is 0 Å². The van der Waals surface area contributed by atoms with E-state index in [1.54, 1.807) is 37.3 Å². The number of hydrogen-bond donors (Lipinski definition) is 1. The van der Waals surface area contributed by atoms with Crippen molar-refractivity contribution < 1.29 is 17.6 Å². The van der Waals surface area contributed by atoms with Crippen LogP contribution < -0.4 is 9.62 Å². The van der Waals surface area contributed by atoms with Crippen LogP contribution >= 0.6 is 11.6 Å². The summed E-state index contributed by atoms with van der Waals surface area (Å²) in [5.74, 6) is 0.0535. The first-order valence-corrected chi connectivity index (χ1v) is 12.4. The van der Waals surface area contributed by atoms with Crippen molar-refractivity contribution in [3.8, 4) is 11.5 Å². The average Bonchev–Trinajstić information content (AvgIpc) is 3.30. The molecule has 1 N–H and O–H groups in total. The number of para-hydroxylation sites is 1. The second kappa shape index (κ2) is 10.1. The summed E-state index contributed by atoms with van der Waals surface area (Å²) < 4.78 is 33.4. The van der Waals surface area contributed by atoms with E-state index in [0.29, 0.717) is 23.0 Å². The highest BCUT2D eigenvalue weighted by Crippen LogP contribution is 2.30. The first-order valence-electron chi connectivity index (χ1n) is 10.6. The molecule has 4 rings (SSSR count). The minimum atomic E-state index is -3.96. The van der Waals surface area contributed by atoms with Gasteiger partial charge in [0, 0.05) is 17.8 Å². The summed E-state index contributed by atoms with van der Waals surface area (Å²) in [6.07, 6.45) is 1.39. The van der Waals surface area contributed by atoms with Gasteiger partial charge in [0.05, 0.1) is 22.8 Å². The van der Waals surface area contributed by atoms with Crippen molar-refractivity contribution >= 4 is 38.9 Å².